The predicted molar refractivity (Wildman–Crippen MR) is 83.0 cm³/mol. The summed E-state index contributed by atoms with van der Waals surface area (Å²) >= 11 is 0. The molecule has 2 heteroatoms. The van der Waals surface area contributed by atoms with E-state index in [4.69, 9.17) is 4.74 Å². The molecule has 1 aromatic carbocycles. The SMILES string of the molecule is CC1OCCC1CNC1CCC(C)(C)c2ccccc21. The second-order valence-electron chi connectivity index (χ2n) is 7.10. The average Bonchev–Trinajstić information content (AvgIpc) is 2.84. The molecule has 0 aromatic heterocycles. The predicted octanol–water partition coefficient (Wildman–Crippen LogP) is 3.81. The zero-order valence-corrected chi connectivity index (χ0v) is 13.0. The molecule has 0 bridgehead atoms. The number of ether oxygens (including phenoxy) is 1. The van der Waals surface area contributed by atoms with E-state index in [1.54, 1.807) is 0 Å². The van der Waals surface area contributed by atoms with Crippen molar-refractivity contribution in [3.8, 4) is 0 Å². The third-order valence-corrected chi connectivity index (χ3v) is 5.28. The Labute approximate surface area is 122 Å². The second-order valence-corrected chi connectivity index (χ2v) is 7.10. The molecule has 1 saturated heterocycles. The molecule has 3 unspecified atom stereocenters. The van der Waals surface area contributed by atoms with Gasteiger partial charge < -0.3 is 10.1 Å². The average molecular weight is 273 g/mol. The fraction of sp³-hybridized carbons (Fsp3) is 0.667. The third-order valence-electron chi connectivity index (χ3n) is 5.28. The molecular weight excluding hydrogens is 246 g/mol. The Kier molecular flexibility index (Phi) is 3.87. The molecule has 2 nitrogen and oxygen atoms in total. The van der Waals surface area contributed by atoms with Crippen LogP contribution in [0.2, 0.25) is 0 Å². The highest BCUT2D eigenvalue weighted by Gasteiger charge is 2.33. The Morgan fingerprint density at radius 2 is 2.05 bits per heavy atom. The maximum absolute atomic E-state index is 5.67. The molecule has 0 spiro atoms. The van der Waals surface area contributed by atoms with Gasteiger partial charge in [-0.15, -0.1) is 0 Å². The number of hydrogen-bond donors (Lipinski definition) is 1. The van der Waals surface area contributed by atoms with E-state index >= 15 is 0 Å². The summed E-state index contributed by atoms with van der Waals surface area (Å²) in [7, 11) is 0. The maximum atomic E-state index is 5.67. The topological polar surface area (TPSA) is 21.3 Å². The van der Waals surface area contributed by atoms with Crippen LogP contribution < -0.4 is 5.32 Å². The minimum absolute atomic E-state index is 0.318. The fourth-order valence-corrected chi connectivity index (χ4v) is 3.76. The van der Waals surface area contributed by atoms with Crippen molar-refractivity contribution in [3.05, 3.63) is 35.4 Å². The van der Waals surface area contributed by atoms with E-state index in [0.717, 1.165) is 13.2 Å². The van der Waals surface area contributed by atoms with Crippen molar-refractivity contribution in [2.45, 2.75) is 57.6 Å². The van der Waals surface area contributed by atoms with Crippen molar-refractivity contribution in [3.63, 3.8) is 0 Å². The van der Waals surface area contributed by atoms with Crippen molar-refractivity contribution in [1.82, 2.24) is 5.32 Å². The molecule has 1 N–H and O–H groups in total. The van der Waals surface area contributed by atoms with E-state index in [2.05, 4.69) is 50.4 Å². The first-order valence-corrected chi connectivity index (χ1v) is 8.02. The summed E-state index contributed by atoms with van der Waals surface area (Å²) in [6, 6.07) is 9.49. The molecule has 0 radical (unpaired) electrons. The van der Waals surface area contributed by atoms with Gasteiger partial charge in [0.15, 0.2) is 0 Å². The van der Waals surface area contributed by atoms with Crippen LogP contribution in [0.25, 0.3) is 0 Å². The van der Waals surface area contributed by atoms with Crippen molar-refractivity contribution < 1.29 is 4.74 Å². The summed E-state index contributed by atoms with van der Waals surface area (Å²) in [4.78, 5) is 0. The van der Waals surface area contributed by atoms with Crippen LogP contribution >= 0.6 is 0 Å². The normalized spacial score (nSPS) is 32.0. The molecule has 20 heavy (non-hydrogen) atoms. The largest absolute Gasteiger partial charge is 0.378 e. The lowest BCUT2D eigenvalue weighted by atomic mass is 9.71. The summed E-state index contributed by atoms with van der Waals surface area (Å²) < 4.78 is 5.67. The zero-order chi connectivity index (χ0) is 14.2. The highest BCUT2D eigenvalue weighted by atomic mass is 16.5. The molecule has 2 aliphatic rings. The molecule has 1 aliphatic carbocycles. The third kappa shape index (κ3) is 2.64. The van der Waals surface area contributed by atoms with Gasteiger partial charge >= 0.3 is 0 Å². The first-order valence-electron chi connectivity index (χ1n) is 8.02. The van der Waals surface area contributed by atoms with Crippen LogP contribution in [0.5, 0.6) is 0 Å². The van der Waals surface area contributed by atoms with E-state index < -0.39 is 0 Å². The lowest BCUT2D eigenvalue weighted by Gasteiger charge is -2.38. The Bertz CT molecular complexity index is 468. The second kappa shape index (κ2) is 5.50. The van der Waals surface area contributed by atoms with E-state index in [1.807, 2.05) is 0 Å². The van der Waals surface area contributed by atoms with Gasteiger partial charge in [-0.3, -0.25) is 0 Å². The molecule has 1 aromatic rings. The van der Waals surface area contributed by atoms with Gasteiger partial charge in [0, 0.05) is 19.2 Å². The van der Waals surface area contributed by atoms with Crippen LogP contribution in [0.3, 0.4) is 0 Å². The van der Waals surface area contributed by atoms with Gasteiger partial charge in [-0.1, -0.05) is 38.1 Å². The van der Waals surface area contributed by atoms with Crippen molar-refractivity contribution in [2.24, 2.45) is 5.92 Å². The van der Waals surface area contributed by atoms with E-state index in [0.29, 0.717) is 23.5 Å². The van der Waals surface area contributed by atoms with Gasteiger partial charge in [-0.2, -0.15) is 0 Å². The fourth-order valence-electron chi connectivity index (χ4n) is 3.76. The van der Waals surface area contributed by atoms with Crippen LogP contribution in [0, 0.1) is 5.92 Å². The summed E-state index contributed by atoms with van der Waals surface area (Å²) in [5.41, 5.74) is 3.35. The Balaban J connectivity index is 1.72. The number of hydrogen-bond acceptors (Lipinski definition) is 2. The van der Waals surface area contributed by atoms with Crippen molar-refractivity contribution >= 4 is 0 Å². The molecule has 0 amide bonds. The first-order chi connectivity index (χ1) is 9.58. The lowest BCUT2D eigenvalue weighted by Crippen LogP contribution is -2.36. The highest BCUT2D eigenvalue weighted by Crippen LogP contribution is 2.41. The Morgan fingerprint density at radius 3 is 2.80 bits per heavy atom. The van der Waals surface area contributed by atoms with E-state index in [1.165, 1.54) is 30.4 Å². The van der Waals surface area contributed by atoms with Gasteiger partial charge in [0.25, 0.3) is 0 Å². The number of benzene rings is 1. The molecule has 1 heterocycles. The minimum Gasteiger partial charge on any atom is -0.378 e. The van der Waals surface area contributed by atoms with Crippen LogP contribution in [0.15, 0.2) is 24.3 Å². The minimum atomic E-state index is 0.318. The lowest BCUT2D eigenvalue weighted by molar-refractivity contribution is 0.104. The molecule has 0 saturated carbocycles. The highest BCUT2D eigenvalue weighted by molar-refractivity contribution is 5.38. The van der Waals surface area contributed by atoms with Gasteiger partial charge in [0.05, 0.1) is 6.10 Å². The van der Waals surface area contributed by atoms with Gasteiger partial charge in [0.2, 0.25) is 0 Å². The standard InChI is InChI=1S/C18H27NO/c1-13-14(9-11-20-13)12-19-17-8-10-18(2,3)16-7-5-4-6-15(16)17/h4-7,13-14,17,19H,8-12H2,1-3H3. The summed E-state index contributed by atoms with van der Waals surface area (Å²) in [6.07, 6.45) is 4.12. The molecule has 110 valence electrons. The smallest absolute Gasteiger partial charge is 0.0588 e. The molecule has 3 rings (SSSR count). The zero-order valence-electron chi connectivity index (χ0n) is 13.0. The van der Waals surface area contributed by atoms with E-state index in [9.17, 15) is 0 Å². The van der Waals surface area contributed by atoms with Crippen molar-refractivity contribution in [1.29, 1.82) is 0 Å². The summed E-state index contributed by atoms with van der Waals surface area (Å²) in [6.45, 7) is 8.96. The maximum Gasteiger partial charge on any atom is 0.0588 e. The van der Waals surface area contributed by atoms with E-state index in [-0.39, 0.29) is 0 Å². The quantitative estimate of drug-likeness (QED) is 0.904. The number of fused-ring (bicyclic) bond motifs is 1. The van der Waals surface area contributed by atoms with Gasteiger partial charge in [-0.05, 0) is 48.6 Å². The number of rotatable bonds is 3. The number of nitrogens with one attached hydrogen (secondary N) is 1. The first kappa shape index (κ1) is 14.1. The van der Waals surface area contributed by atoms with Crippen LogP contribution in [0.4, 0.5) is 0 Å². The molecule has 1 fully saturated rings. The molecule has 3 atom stereocenters. The monoisotopic (exact) mass is 273 g/mol. The molecular formula is C18H27NO. The summed E-state index contributed by atoms with van der Waals surface area (Å²) in [5.74, 6) is 0.678. The van der Waals surface area contributed by atoms with Crippen LogP contribution in [0.1, 0.15) is 57.2 Å². The van der Waals surface area contributed by atoms with Crippen molar-refractivity contribution in [2.75, 3.05) is 13.2 Å². The molecule has 1 aliphatic heterocycles. The Morgan fingerprint density at radius 1 is 1.25 bits per heavy atom. The van der Waals surface area contributed by atoms with Crippen LogP contribution in [-0.4, -0.2) is 19.3 Å². The Hall–Kier alpha value is -0.860. The van der Waals surface area contributed by atoms with Gasteiger partial charge in [-0.25, -0.2) is 0 Å². The van der Waals surface area contributed by atoms with Crippen LogP contribution in [-0.2, 0) is 10.2 Å². The van der Waals surface area contributed by atoms with Gasteiger partial charge in [0.1, 0.15) is 0 Å². The summed E-state index contributed by atoms with van der Waals surface area (Å²) in [5, 5.41) is 3.81.